The molecular weight excluding hydrogens is 1830 g/mol. The Morgan fingerprint density at radius 3 is 0.860 bits per heavy atom. The second-order valence-corrected chi connectivity index (χ2v) is 37.2. The molecule has 0 N–H and O–H groups in total. The first-order valence-corrected chi connectivity index (χ1v) is 50.3. The first kappa shape index (κ1) is 88.5. The van der Waals surface area contributed by atoms with Crippen molar-refractivity contribution in [2.45, 2.75) is 0 Å². The third-order valence-electron chi connectivity index (χ3n) is 28.2. The minimum Gasteiger partial charge on any atom is -0.456 e. The van der Waals surface area contributed by atoms with Gasteiger partial charge in [-0.1, -0.05) is 394 Å². The van der Waals surface area contributed by atoms with Gasteiger partial charge in [0.15, 0.2) is 29.1 Å². The molecule has 0 amide bonds. The topological polar surface area (TPSA) is 134 Å². The number of rotatable bonds is 14. The molecule has 704 valence electrons. The van der Waals surface area contributed by atoms with E-state index < -0.39 is 0 Å². The van der Waals surface area contributed by atoms with Gasteiger partial charge < -0.3 is 28.2 Å². The summed E-state index contributed by atoms with van der Waals surface area (Å²) >= 11 is 0. The molecule has 0 unspecified atom stereocenters. The first-order valence-electron chi connectivity index (χ1n) is 50.3. The van der Waals surface area contributed by atoms with Gasteiger partial charge in [0, 0.05) is 157 Å². The van der Waals surface area contributed by atoms with Crippen LogP contribution in [0.2, 0.25) is 0 Å². The zero-order valence-corrected chi connectivity index (χ0v) is 81.1. The van der Waals surface area contributed by atoms with E-state index in [1.165, 1.54) is 27.5 Å². The molecular formula is C136H89N13O. The summed E-state index contributed by atoms with van der Waals surface area (Å²) in [5, 5.41) is 3.47. The number of para-hydroxylation sites is 10. The molecule has 10 heterocycles. The van der Waals surface area contributed by atoms with Gasteiger partial charge in [0.1, 0.15) is 11.5 Å². The lowest BCUT2D eigenvalue weighted by Gasteiger charge is -2.27. The van der Waals surface area contributed by atoms with Gasteiger partial charge in [0.05, 0.1) is 79.2 Å². The van der Waals surface area contributed by atoms with Crippen LogP contribution in [0.25, 0.3) is 219 Å². The van der Waals surface area contributed by atoms with Gasteiger partial charge in [-0.05, 0) is 133 Å². The van der Waals surface area contributed by atoms with Crippen LogP contribution in [0, 0.1) is 0 Å². The van der Waals surface area contributed by atoms with E-state index in [9.17, 15) is 0 Å². The van der Waals surface area contributed by atoms with E-state index in [-0.39, 0.29) is 0 Å². The molecule has 0 atom stereocenters. The third-order valence-corrected chi connectivity index (χ3v) is 28.2. The lowest BCUT2D eigenvalue weighted by atomic mass is 9.98. The van der Waals surface area contributed by atoms with Gasteiger partial charge in [-0.3, -0.25) is 4.98 Å². The highest BCUT2D eigenvalue weighted by Crippen LogP contribution is 2.59. The molecule has 150 heavy (non-hydrogen) atoms. The summed E-state index contributed by atoms with van der Waals surface area (Å²) < 4.78 is 13.7. The molecule has 0 aliphatic carbocycles. The molecule has 3 aliphatic rings. The fraction of sp³-hybridized carbons (Fsp3) is 0. The molecule has 0 bridgehead atoms. The summed E-state index contributed by atoms with van der Waals surface area (Å²) in [7, 11) is 0. The Kier molecular flexibility index (Phi) is 22.6. The number of hydrogen-bond acceptors (Lipinski definition) is 11. The van der Waals surface area contributed by atoms with E-state index >= 15 is 0 Å². The van der Waals surface area contributed by atoms with Gasteiger partial charge in [-0.15, -0.1) is 0 Å². The molecule has 7 aromatic heterocycles. The van der Waals surface area contributed by atoms with Crippen molar-refractivity contribution < 1.29 is 4.74 Å². The minimum atomic E-state index is 0.623. The van der Waals surface area contributed by atoms with Gasteiger partial charge in [0.2, 0.25) is 0 Å². The van der Waals surface area contributed by atoms with Crippen LogP contribution in [0.15, 0.2) is 540 Å². The molecule has 0 fully saturated rings. The number of pyridine rings is 1. The van der Waals surface area contributed by atoms with Gasteiger partial charge in [-0.25, -0.2) is 34.9 Å². The first-order chi connectivity index (χ1) is 74.4. The van der Waals surface area contributed by atoms with Crippen LogP contribution < -0.4 is 14.5 Å². The molecule has 0 radical (unpaired) electrons. The van der Waals surface area contributed by atoms with E-state index in [4.69, 9.17) is 39.6 Å². The summed E-state index contributed by atoms with van der Waals surface area (Å²) in [4.78, 5) is 44.8. The predicted molar refractivity (Wildman–Crippen MR) is 610 cm³/mol. The fourth-order valence-corrected chi connectivity index (χ4v) is 21.6. The summed E-state index contributed by atoms with van der Waals surface area (Å²) in [5.41, 5.74) is 39.2. The zero-order valence-electron chi connectivity index (χ0n) is 81.1. The molecule has 26 aromatic rings. The maximum absolute atomic E-state index is 6.56. The maximum atomic E-state index is 6.56. The number of benzene rings is 19. The van der Waals surface area contributed by atoms with E-state index in [1.54, 1.807) is 0 Å². The number of nitrogens with zero attached hydrogens (tertiary/aromatic N) is 13. The van der Waals surface area contributed by atoms with Crippen LogP contribution in [0.4, 0.5) is 34.1 Å². The Morgan fingerprint density at radius 2 is 0.440 bits per heavy atom. The second-order valence-electron chi connectivity index (χ2n) is 37.2. The van der Waals surface area contributed by atoms with E-state index in [2.05, 4.69) is 411 Å². The Hall–Kier alpha value is -20.5. The van der Waals surface area contributed by atoms with Crippen LogP contribution in [0.3, 0.4) is 0 Å². The van der Waals surface area contributed by atoms with Gasteiger partial charge >= 0.3 is 0 Å². The van der Waals surface area contributed by atoms with Crippen LogP contribution in [-0.2, 0) is 0 Å². The van der Waals surface area contributed by atoms with Crippen molar-refractivity contribution in [1.29, 1.82) is 0 Å². The van der Waals surface area contributed by atoms with Crippen molar-refractivity contribution in [3.05, 3.63) is 540 Å². The second kappa shape index (κ2) is 38.3. The predicted octanol–water partition coefficient (Wildman–Crippen LogP) is 34.7. The van der Waals surface area contributed by atoms with Crippen molar-refractivity contribution in [1.82, 2.24) is 53.6 Å². The minimum absolute atomic E-state index is 0.623. The van der Waals surface area contributed by atoms with E-state index in [0.29, 0.717) is 29.1 Å². The highest BCUT2D eigenvalue weighted by Gasteiger charge is 2.36. The van der Waals surface area contributed by atoms with Crippen molar-refractivity contribution >= 4 is 66.8 Å². The maximum Gasteiger partial charge on any atom is 0.164 e. The molecule has 19 aromatic carbocycles. The van der Waals surface area contributed by atoms with E-state index in [0.717, 1.165) is 208 Å². The van der Waals surface area contributed by atoms with Crippen LogP contribution in [0.5, 0.6) is 11.5 Å². The SMILES string of the molecule is c1ccc(-c2cc(-c3cccc(-n4c5c(c6ccccc64)-c4ccccc4Oc4ccccc4-5)c3)nc(-c3ccccc3)n2)cc1.c1ccc(-c2cc(-c3cccc(-n4c5c(c6cnccc64)-c4ccccc4N(c4ccccc4)c4ccccc4-5)c3)nc(-c3ccccc3)n2)cc1.c1ccc(-c2nc(-c3ccccc3)nc(-c3cccc(-n4c5c(c6ccccc64)-c4ccccc4N(c4ccccc4)c4ccccc4-5)c3)n2)cc1. The van der Waals surface area contributed by atoms with Crippen LogP contribution in [0.1, 0.15) is 0 Å². The number of ether oxygens (including phenoxy) is 1. The highest BCUT2D eigenvalue weighted by atomic mass is 16.5. The summed E-state index contributed by atoms with van der Waals surface area (Å²) in [6.07, 6.45) is 3.90. The summed E-state index contributed by atoms with van der Waals surface area (Å²) in [5.74, 6) is 4.99. The quantitative estimate of drug-likeness (QED) is 0.103. The van der Waals surface area contributed by atoms with Gasteiger partial charge in [0.25, 0.3) is 0 Å². The van der Waals surface area contributed by atoms with Crippen LogP contribution >= 0.6 is 0 Å². The molecule has 3 aliphatic heterocycles. The average molecular weight is 1920 g/mol. The molecule has 0 saturated carbocycles. The molecule has 14 nitrogen and oxygen atoms in total. The monoisotopic (exact) mass is 1920 g/mol. The van der Waals surface area contributed by atoms with E-state index in [1.807, 2.05) is 158 Å². The van der Waals surface area contributed by atoms with Crippen molar-refractivity contribution in [3.63, 3.8) is 0 Å². The molecule has 29 rings (SSSR count). The van der Waals surface area contributed by atoms with Gasteiger partial charge in [-0.2, -0.15) is 0 Å². The number of hydrogen-bond donors (Lipinski definition) is 0. The summed E-state index contributed by atoms with van der Waals surface area (Å²) in [6.45, 7) is 0. The Bertz CT molecular complexity index is 9060. The molecule has 0 saturated heterocycles. The Balaban J connectivity index is 0.000000111. The molecule has 14 heteroatoms. The third kappa shape index (κ3) is 16.1. The van der Waals surface area contributed by atoms with Crippen LogP contribution in [-0.4, -0.2) is 53.6 Å². The largest absolute Gasteiger partial charge is 0.456 e. The normalized spacial score (nSPS) is 11.8. The smallest absolute Gasteiger partial charge is 0.164 e. The highest BCUT2D eigenvalue weighted by molar-refractivity contribution is 6.16. The zero-order chi connectivity index (χ0) is 99.3. The van der Waals surface area contributed by atoms with Crippen molar-refractivity contribution in [3.8, 4) is 198 Å². The number of fused-ring (bicyclic) bond motifs is 21. The Morgan fingerprint density at radius 1 is 0.173 bits per heavy atom. The molecule has 0 spiro atoms. The Labute approximate surface area is 866 Å². The fourth-order valence-electron chi connectivity index (χ4n) is 21.6. The number of anilines is 6. The standard InChI is InChI=1S/2C47H31N5.C42H27N3O/c1-4-17-32(18-5-1)45-48-46(33-19-6-2-7-20-33)50-47(49-45)34-21-16-24-36(31-34)52-41-29-14-11-26-38(41)43-37-25-10-13-28-40(37)51(35-22-8-3-9-23-35)42-30-15-12-27-39(42)44(43)52;1-4-15-32(16-5-1)40-30-41(50-47(49-40)33-17-6-2-7-18-33)34-19-14-22-36(29-34)52-44-27-28-48-31-39(44)45-37-23-10-12-25-42(37)51(35-20-8-3-9-21-35)43-26-13-11-24-38(43)46(45)52;1-3-14-28(15-4-1)35-27-36(44-42(43-35)29-16-5-2-6-17-29)30-18-13-19-31(26-30)45-37-23-10-7-20-32(37)40-33-21-8-11-24-38(33)46-39-25-12-9-22-34(39)41(40)45/h2*1-31H;1-27H. The lowest BCUT2D eigenvalue weighted by molar-refractivity contribution is 0.487. The average Bonchev–Trinajstić information content (AvgIpc) is 1.57. The van der Waals surface area contributed by atoms with Crippen molar-refractivity contribution in [2.24, 2.45) is 0 Å². The van der Waals surface area contributed by atoms with Crippen molar-refractivity contribution in [2.75, 3.05) is 9.80 Å². The number of aromatic nitrogens is 11. The summed E-state index contributed by atoms with van der Waals surface area (Å²) in [6, 6.07) is 184. The lowest BCUT2D eigenvalue weighted by Crippen LogP contribution is -2.11.